The summed E-state index contributed by atoms with van der Waals surface area (Å²) in [6.07, 6.45) is 2.10. The van der Waals surface area contributed by atoms with E-state index in [1.165, 1.54) is 11.1 Å². The van der Waals surface area contributed by atoms with Gasteiger partial charge < -0.3 is 0 Å². The van der Waals surface area contributed by atoms with Crippen molar-refractivity contribution >= 4 is 0 Å². The summed E-state index contributed by atoms with van der Waals surface area (Å²) < 4.78 is 0. The molecule has 0 saturated heterocycles. The van der Waals surface area contributed by atoms with E-state index in [1.807, 2.05) is 11.9 Å². The second-order valence-corrected chi connectivity index (χ2v) is 2.39. The summed E-state index contributed by atoms with van der Waals surface area (Å²) in [5.74, 6) is 0. The minimum absolute atomic E-state index is 1.23. The van der Waals surface area contributed by atoms with Gasteiger partial charge in [0.25, 0.3) is 0 Å². The van der Waals surface area contributed by atoms with Gasteiger partial charge in [-0.15, -0.1) is 0 Å². The maximum absolute atomic E-state index is 3.63. The molecule has 8 heavy (non-hydrogen) atoms. The van der Waals surface area contributed by atoms with Gasteiger partial charge in [-0.3, -0.25) is 0 Å². The number of rotatable bonds is 1. The Balaban J connectivity index is 3.89. The monoisotopic (exact) mass is 151 g/mol. The van der Waals surface area contributed by atoms with Crippen molar-refractivity contribution in [1.29, 1.82) is 0 Å². The summed E-state index contributed by atoms with van der Waals surface area (Å²) in [6, 6.07) is 0. The van der Waals surface area contributed by atoms with E-state index in [0.717, 1.165) is 0 Å². The third kappa shape index (κ3) is 4.17. The molecule has 0 aromatic rings. The van der Waals surface area contributed by atoms with Gasteiger partial charge in [0, 0.05) is 0 Å². The fraction of sp³-hybridized carbons (Fsp3) is 0.429. The van der Waals surface area contributed by atoms with Crippen LogP contribution in [0.25, 0.3) is 0 Å². The molecule has 0 fully saturated rings. The molecule has 0 saturated carbocycles. The summed E-state index contributed by atoms with van der Waals surface area (Å²) in [6.45, 7) is 6.19. The van der Waals surface area contributed by atoms with E-state index >= 15 is 0 Å². The molecule has 0 aliphatic rings. The van der Waals surface area contributed by atoms with Crippen LogP contribution >= 0.6 is 0 Å². The molecule has 1 heteroatoms. The second-order valence-electron chi connectivity index (χ2n) is 2.07. The fourth-order valence-corrected chi connectivity index (χ4v) is 0.577. The Kier molecular flexibility index (Phi) is 3.94. The van der Waals surface area contributed by atoms with E-state index in [9.17, 15) is 0 Å². The van der Waals surface area contributed by atoms with E-state index in [1.54, 1.807) is 0 Å². The molecule has 0 aliphatic carbocycles. The predicted octanol–water partition coefficient (Wildman–Crippen LogP) is 2.40. The van der Waals surface area contributed by atoms with Crippen molar-refractivity contribution in [3.05, 3.63) is 22.2 Å². The summed E-state index contributed by atoms with van der Waals surface area (Å²) in [5.41, 5.74) is 2.55. The predicted molar refractivity (Wildman–Crippen MR) is 33.2 cm³/mol. The normalized spacial score (nSPS) is 11.2. The Morgan fingerprint density at radius 1 is 1.25 bits per heavy atom. The van der Waals surface area contributed by atoms with Crippen molar-refractivity contribution in [2.24, 2.45) is 0 Å². The molecule has 0 unspecified atom stereocenters. The Morgan fingerprint density at radius 3 is 1.88 bits per heavy atom. The van der Waals surface area contributed by atoms with Crippen LogP contribution in [0, 0.1) is 0 Å². The van der Waals surface area contributed by atoms with Gasteiger partial charge in [0.1, 0.15) is 0 Å². The van der Waals surface area contributed by atoms with Crippen molar-refractivity contribution in [1.82, 2.24) is 0 Å². The summed E-state index contributed by atoms with van der Waals surface area (Å²) in [7, 11) is 0. The van der Waals surface area contributed by atoms with E-state index in [4.69, 9.17) is 0 Å². The molecule has 0 heterocycles. The van der Waals surface area contributed by atoms with Gasteiger partial charge in [-0.05, 0) is 0 Å². The molecule has 0 radical (unpaired) electrons. The first kappa shape index (κ1) is 8.00. The van der Waals surface area contributed by atoms with Crippen LogP contribution in [0.3, 0.4) is 0 Å². The van der Waals surface area contributed by atoms with Crippen molar-refractivity contribution in [2.45, 2.75) is 20.8 Å². The molecule has 0 rings (SSSR count). The van der Waals surface area contributed by atoms with E-state index in [-0.39, 0.29) is 0 Å². The van der Waals surface area contributed by atoms with Crippen LogP contribution in [0.1, 0.15) is 20.8 Å². The number of allylic oxidation sites excluding steroid dienone is 3. The third-order valence-electron chi connectivity index (χ3n) is 0.677. The van der Waals surface area contributed by atoms with Crippen LogP contribution in [0.15, 0.2) is 22.2 Å². The molecule has 0 aromatic heterocycles. The first-order valence-electron chi connectivity index (χ1n) is 2.57. The molecule has 0 atom stereocenters. The second kappa shape index (κ2) is 3.94. The van der Waals surface area contributed by atoms with Gasteiger partial charge in [-0.2, -0.15) is 0 Å². The van der Waals surface area contributed by atoms with E-state index in [2.05, 4.69) is 35.9 Å². The van der Waals surface area contributed by atoms with Crippen molar-refractivity contribution in [3.63, 3.8) is 0 Å². The van der Waals surface area contributed by atoms with Crippen LogP contribution in [-0.2, 0) is 16.0 Å². The first-order valence-corrected chi connectivity index (χ1v) is 3.21. The van der Waals surface area contributed by atoms with E-state index < -0.39 is 0 Å². The van der Waals surface area contributed by atoms with Crippen LogP contribution in [0.5, 0.6) is 0 Å². The molecule has 0 bridgehead atoms. The summed E-state index contributed by atoms with van der Waals surface area (Å²) in [4.78, 5) is 1.85. The quantitative estimate of drug-likeness (QED) is 0.398. The van der Waals surface area contributed by atoms with Crippen molar-refractivity contribution in [3.8, 4) is 0 Å². The van der Waals surface area contributed by atoms with Gasteiger partial charge in [-0.1, -0.05) is 0 Å². The third-order valence-corrected chi connectivity index (χ3v) is 1.18. The average molecular weight is 151 g/mol. The standard InChI is InChI=1S/C7H11.Fe/c1-6(2)5-7(3)4;/h1,5H,2-4H3;. The van der Waals surface area contributed by atoms with Gasteiger partial charge in [0.15, 0.2) is 0 Å². The van der Waals surface area contributed by atoms with Crippen molar-refractivity contribution in [2.75, 3.05) is 0 Å². The van der Waals surface area contributed by atoms with Gasteiger partial charge in [0.2, 0.25) is 0 Å². The zero-order chi connectivity index (χ0) is 6.57. The molecule has 0 aliphatic heterocycles. The summed E-state index contributed by atoms with van der Waals surface area (Å²) >= 11 is 3.63. The SMILES string of the molecule is CC(C)=CC(C)=[CH][Fe]. The average Bonchev–Trinajstić information content (AvgIpc) is 1.65. The van der Waals surface area contributed by atoms with Crippen LogP contribution in [0.2, 0.25) is 0 Å². The Bertz CT molecular complexity index is 116. The molecular weight excluding hydrogens is 140 g/mol. The van der Waals surface area contributed by atoms with Crippen LogP contribution < -0.4 is 0 Å². The molecule has 0 N–H and O–H groups in total. The Labute approximate surface area is 59.5 Å². The van der Waals surface area contributed by atoms with Gasteiger partial charge in [-0.25, -0.2) is 0 Å². The van der Waals surface area contributed by atoms with Crippen LogP contribution in [0.4, 0.5) is 0 Å². The first-order chi connectivity index (χ1) is 3.66. The number of hydrogen-bond donors (Lipinski definition) is 0. The van der Waals surface area contributed by atoms with E-state index in [0.29, 0.717) is 0 Å². The molecule has 0 spiro atoms. The molecule has 47 valence electrons. The van der Waals surface area contributed by atoms with Gasteiger partial charge in [0.05, 0.1) is 0 Å². The maximum atomic E-state index is 3.63. The minimum atomic E-state index is 1.23. The topological polar surface area (TPSA) is 0 Å². The number of hydrogen-bond acceptors (Lipinski definition) is 0. The molecule has 0 aromatic carbocycles. The Morgan fingerprint density at radius 2 is 1.75 bits per heavy atom. The Hall–Kier alpha value is -0.000519. The zero-order valence-corrected chi connectivity index (χ0v) is 6.61. The molecule has 0 amide bonds. The van der Waals surface area contributed by atoms with Crippen molar-refractivity contribution < 1.29 is 16.0 Å². The molecular formula is C7H11Fe. The summed E-state index contributed by atoms with van der Waals surface area (Å²) in [5, 5.41) is 0. The zero-order valence-electron chi connectivity index (χ0n) is 5.51. The fourth-order valence-electron chi connectivity index (χ4n) is 0.485. The van der Waals surface area contributed by atoms with Gasteiger partial charge >= 0.3 is 59.0 Å². The van der Waals surface area contributed by atoms with Crippen LogP contribution in [-0.4, -0.2) is 0 Å². The molecule has 0 nitrogen and oxygen atoms in total.